The number of carbonyl (C=O) groups excluding carboxylic acids is 1. The standard InChI is InChI=1S/C30H33N7O3/c1-5-20-16-21-19-31-30(33-25-11-10-23(18-26(25)40-4)36-14-12-35(3)13-15-36)34-28(21)37(29(20)39)24-9-7-8-22(17-24)32-27(38)6-2/h6-11,16-19H,2,5,12-15H2,1,3-4H3,(H,32,38)(H,31,33,34). The van der Waals surface area contributed by atoms with E-state index in [4.69, 9.17) is 9.72 Å². The molecule has 3 heterocycles. The van der Waals surface area contributed by atoms with E-state index in [0.29, 0.717) is 46.4 Å². The van der Waals surface area contributed by atoms with Crippen molar-refractivity contribution in [1.82, 2.24) is 19.4 Å². The van der Waals surface area contributed by atoms with Gasteiger partial charge in [-0.2, -0.15) is 4.98 Å². The molecule has 1 aliphatic rings. The first-order valence-corrected chi connectivity index (χ1v) is 13.2. The van der Waals surface area contributed by atoms with Crippen LogP contribution in [0.15, 0.2) is 72.2 Å². The summed E-state index contributed by atoms with van der Waals surface area (Å²) in [6.45, 7) is 9.36. The smallest absolute Gasteiger partial charge is 0.259 e. The molecule has 1 fully saturated rings. The average molecular weight is 540 g/mol. The van der Waals surface area contributed by atoms with Gasteiger partial charge in [-0.3, -0.25) is 14.2 Å². The molecule has 0 bridgehead atoms. The van der Waals surface area contributed by atoms with Gasteiger partial charge in [-0.1, -0.05) is 19.6 Å². The third kappa shape index (κ3) is 5.52. The molecule has 5 rings (SSSR count). The lowest BCUT2D eigenvalue weighted by atomic mass is 10.1. The fraction of sp³-hybridized carbons (Fsp3) is 0.267. The second-order valence-corrected chi connectivity index (χ2v) is 9.68. The number of hydrogen-bond donors (Lipinski definition) is 2. The van der Waals surface area contributed by atoms with Gasteiger partial charge in [0.1, 0.15) is 5.75 Å². The molecule has 0 radical (unpaired) electrons. The maximum absolute atomic E-state index is 13.5. The summed E-state index contributed by atoms with van der Waals surface area (Å²) in [6, 6.07) is 14.9. The van der Waals surface area contributed by atoms with Crippen molar-refractivity contribution >= 4 is 40.0 Å². The van der Waals surface area contributed by atoms with E-state index in [0.717, 1.165) is 37.3 Å². The summed E-state index contributed by atoms with van der Waals surface area (Å²) in [5.41, 5.74) is 3.83. The minimum atomic E-state index is -0.335. The number of methoxy groups -OCH3 is 1. The molecule has 0 unspecified atom stereocenters. The number of ether oxygens (including phenoxy) is 1. The Balaban J connectivity index is 1.53. The molecule has 4 aromatic rings. The van der Waals surface area contributed by atoms with Gasteiger partial charge in [0.25, 0.3) is 5.56 Å². The van der Waals surface area contributed by atoms with Crippen LogP contribution in [0.5, 0.6) is 5.75 Å². The third-order valence-electron chi connectivity index (χ3n) is 7.05. The Hall–Kier alpha value is -4.70. The molecule has 10 nitrogen and oxygen atoms in total. The van der Waals surface area contributed by atoms with E-state index in [-0.39, 0.29) is 11.5 Å². The Labute approximate surface area is 232 Å². The third-order valence-corrected chi connectivity index (χ3v) is 7.05. The van der Waals surface area contributed by atoms with E-state index in [9.17, 15) is 9.59 Å². The Morgan fingerprint density at radius 2 is 1.90 bits per heavy atom. The van der Waals surface area contributed by atoms with Gasteiger partial charge in [-0.05, 0) is 55.9 Å². The first kappa shape index (κ1) is 26.9. The monoisotopic (exact) mass is 539 g/mol. The minimum Gasteiger partial charge on any atom is -0.494 e. The molecule has 2 aromatic carbocycles. The average Bonchev–Trinajstić information content (AvgIpc) is 2.97. The molecular weight excluding hydrogens is 506 g/mol. The number of aromatic nitrogens is 3. The molecule has 2 N–H and O–H groups in total. The van der Waals surface area contributed by atoms with Crippen LogP contribution in [0.25, 0.3) is 16.7 Å². The van der Waals surface area contributed by atoms with Crippen LogP contribution < -0.4 is 25.8 Å². The zero-order valence-corrected chi connectivity index (χ0v) is 23.0. The quantitative estimate of drug-likeness (QED) is 0.324. The molecule has 2 aromatic heterocycles. The highest BCUT2D eigenvalue weighted by molar-refractivity contribution is 5.99. The van der Waals surface area contributed by atoms with Gasteiger partial charge in [0, 0.05) is 60.8 Å². The van der Waals surface area contributed by atoms with E-state index in [1.165, 1.54) is 6.08 Å². The van der Waals surface area contributed by atoms with Crippen LogP contribution in [-0.2, 0) is 11.2 Å². The zero-order valence-electron chi connectivity index (χ0n) is 23.0. The molecule has 206 valence electrons. The lowest BCUT2D eigenvalue weighted by Gasteiger charge is -2.34. The van der Waals surface area contributed by atoms with Gasteiger partial charge in [0.2, 0.25) is 11.9 Å². The number of pyridine rings is 1. The van der Waals surface area contributed by atoms with E-state index in [1.807, 2.05) is 25.1 Å². The summed E-state index contributed by atoms with van der Waals surface area (Å²) in [5, 5.41) is 6.74. The molecule has 0 atom stereocenters. The number of benzene rings is 2. The number of anilines is 4. The normalized spacial score (nSPS) is 13.7. The Bertz CT molecular complexity index is 1620. The number of nitrogens with one attached hydrogen (secondary N) is 2. The maximum atomic E-state index is 13.5. The first-order chi connectivity index (χ1) is 19.4. The molecule has 1 saturated heterocycles. The number of nitrogens with zero attached hydrogens (tertiary/aromatic N) is 5. The number of rotatable bonds is 8. The fourth-order valence-corrected chi connectivity index (χ4v) is 4.79. The number of piperazine rings is 1. The van der Waals surface area contributed by atoms with E-state index in [2.05, 4.69) is 45.1 Å². The number of amides is 1. The highest BCUT2D eigenvalue weighted by atomic mass is 16.5. The molecule has 1 aliphatic heterocycles. The summed E-state index contributed by atoms with van der Waals surface area (Å²) in [4.78, 5) is 39.3. The summed E-state index contributed by atoms with van der Waals surface area (Å²) >= 11 is 0. The van der Waals surface area contributed by atoms with Gasteiger partial charge >= 0.3 is 0 Å². The predicted octanol–water partition coefficient (Wildman–Crippen LogP) is 3.97. The Morgan fingerprint density at radius 3 is 2.62 bits per heavy atom. The minimum absolute atomic E-state index is 0.180. The van der Waals surface area contributed by atoms with E-state index >= 15 is 0 Å². The Morgan fingerprint density at radius 1 is 1.10 bits per heavy atom. The number of likely N-dealkylation sites (N-methyl/N-ethyl adjacent to an activating group) is 1. The second-order valence-electron chi connectivity index (χ2n) is 9.68. The second kappa shape index (κ2) is 11.6. The topological polar surface area (TPSA) is 105 Å². The predicted molar refractivity (Wildman–Crippen MR) is 159 cm³/mol. The van der Waals surface area contributed by atoms with Crippen LogP contribution in [-0.4, -0.2) is 65.7 Å². The van der Waals surface area contributed by atoms with Crippen molar-refractivity contribution in [1.29, 1.82) is 0 Å². The van der Waals surface area contributed by atoms with Crippen LogP contribution in [0.4, 0.5) is 23.0 Å². The number of aryl methyl sites for hydroxylation is 1. The molecule has 1 amide bonds. The van der Waals surface area contributed by atoms with Crippen molar-refractivity contribution in [2.24, 2.45) is 0 Å². The molecule has 10 heteroatoms. The van der Waals surface area contributed by atoms with Crippen molar-refractivity contribution in [3.8, 4) is 11.4 Å². The number of hydrogen-bond acceptors (Lipinski definition) is 8. The highest BCUT2D eigenvalue weighted by Gasteiger charge is 2.17. The van der Waals surface area contributed by atoms with Crippen LogP contribution in [0.2, 0.25) is 0 Å². The first-order valence-electron chi connectivity index (χ1n) is 13.2. The van der Waals surface area contributed by atoms with Crippen LogP contribution in [0, 0.1) is 0 Å². The van der Waals surface area contributed by atoms with E-state index in [1.54, 1.807) is 42.1 Å². The lowest BCUT2D eigenvalue weighted by Crippen LogP contribution is -2.44. The van der Waals surface area contributed by atoms with Crippen LogP contribution in [0.3, 0.4) is 0 Å². The van der Waals surface area contributed by atoms with Crippen molar-refractivity contribution < 1.29 is 9.53 Å². The number of fused-ring (bicyclic) bond motifs is 1. The summed E-state index contributed by atoms with van der Waals surface area (Å²) in [5.74, 6) is 0.661. The highest BCUT2D eigenvalue weighted by Crippen LogP contribution is 2.32. The van der Waals surface area contributed by atoms with Gasteiger partial charge in [-0.15, -0.1) is 0 Å². The van der Waals surface area contributed by atoms with Crippen LogP contribution in [0.1, 0.15) is 12.5 Å². The van der Waals surface area contributed by atoms with Gasteiger partial charge in [-0.25, -0.2) is 4.98 Å². The summed E-state index contributed by atoms with van der Waals surface area (Å²) < 4.78 is 7.26. The van der Waals surface area contributed by atoms with Crippen molar-refractivity contribution in [2.45, 2.75) is 13.3 Å². The molecular formula is C30H33N7O3. The SMILES string of the molecule is C=CC(=O)Nc1cccc(-n2c(=O)c(CC)cc3cnc(Nc4ccc(N5CCN(C)CC5)cc4OC)nc32)c1. The van der Waals surface area contributed by atoms with Gasteiger partial charge < -0.3 is 25.2 Å². The lowest BCUT2D eigenvalue weighted by molar-refractivity contribution is -0.111. The molecule has 0 spiro atoms. The van der Waals surface area contributed by atoms with Gasteiger partial charge in [0.05, 0.1) is 18.5 Å². The van der Waals surface area contributed by atoms with Gasteiger partial charge in [0.15, 0.2) is 5.65 Å². The zero-order chi connectivity index (χ0) is 28.2. The maximum Gasteiger partial charge on any atom is 0.259 e. The van der Waals surface area contributed by atoms with Crippen molar-refractivity contribution in [3.63, 3.8) is 0 Å². The van der Waals surface area contributed by atoms with Crippen LogP contribution >= 0.6 is 0 Å². The Kier molecular flexibility index (Phi) is 7.79. The summed E-state index contributed by atoms with van der Waals surface area (Å²) in [7, 11) is 3.77. The molecule has 0 aliphatic carbocycles. The number of carbonyl (C=O) groups is 1. The summed E-state index contributed by atoms with van der Waals surface area (Å²) in [6.07, 6.45) is 3.45. The van der Waals surface area contributed by atoms with E-state index < -0.39 is 0 Å². The molecule has 0 saturated carbocycles. The van der Waals surface area contributed by atoms with Crippen molar-refractivity contribution in [3.05, 3.63) is 83.3 Å². The fourth-order valence-electron chi connectivity index (χ4n) is 4.79. The largest absolute Gasteiger partial charge is 0.494 e. The van der Waals surface area contributed by atoms with Crippen molar-refractivity contribution in [2.75, 3.05) is 55.9 Å². The molecule has 40 heavy (non-hydrogen) atoms.